The lowest BCUT2D eigenvalue weighted by Gasteiger charge is -2.14. The third kappa shape index (κ3) is 2.67. The van der Waals surface area contributed by atoms with Crippen molar-refractivity contribution in [1.29, 1.82) is 0 Å². The Morgan fingerprint density at radius 2 is 2.20 bits per heavy atom. The highest BCUT2D eigenvalue weighted by molar-refractivity contribution is 7.26. The van der Waals surface area contributed by atoms with Crippen LogP contribution in [0.25, 0.3) is 9.40 Å². The Labute approximate surface area is 125 Å². The minimum Gasteiger partial charge on any atom is -0.481 e. The highest BCUT2D eigenvalue weighted by Gasteiger charge is 2.15. The van der Waals surface area contributed by atoms with Gasteiger partial charge in [-0.1, -0.05) is 0 Å². The Morgan fingerprint density at radius 3 is 2.95 bits per heavy atom. The number of fused-ring (bicyclic) bond motifs is 1. The van der Waals surface area contributed by atoms with Crippen molar-refractivity contribution in [2.75, 3.05) is 14.2 Å². The molecule has 1 unspecified atom stereocenters. The molecular weight excluding hydrogens is 290 g/mol. The second-order valence-electron chi connectivity index (χ2n) is 4.39. The zero-order valence-corrected chi connectivity index (χ0v) is 12.9. The van der Waals surface area contributed by atoms with Gasteiger partial charge >= 0.3 is 0 Å². The molecule has 1 N–H and O–H groups in total. The summed E-state index contributed by atoms with van der Waals surface area (Å²) in [5.74, 6) is 0.608. The Morgan fingerprint density at radius 1 is 1.30 bits per heavy atom. The van der Waals surface area contributed by atoms with Gasteiger partial charge in [-0.15, -0.1) is 22.7 Å². The molecule has 0 amide bonds. The monoisotopic (exact) mass is 305 g/mol. The average molecular weight is 305 g/mol. The Balaban J connectivity index is 1.84. The number of nitrogens with zero attached hydrogens (tertiary/aromatic N) is 2. The molecule has 3 aromatic rings. The van der Waals surface area contributed by atoms with Crippen LogP contribution in [0.5, 0.6) is 5.88 Å². The Kier molecular flexibility index (Phi) is 3.95. The van der Waals surface area contributed by atoms with Crippen LogP contribution < -0.4 is 10.1 Å². The molecule has 3 rings (SSSR count). The number of hydrogen-bond donors (Lipinski definition) is 1. The summed E-state index contributed by atoms with van der Waals surface area (Å²) >= 11 is 3.62. The first-order chi connectivity index (χ1) is 9.80. The lowest BCUT2D eigenvalue weighted by Crippen LogP contribution is -2.18. The van der Waals surface area contributed by atoms with E-state index in [1.165, 1.54) is 14.3 Å². The van der Waals surface area contributed by atoms with Crippen molar-refractivity contribution in [3.05, 3.63) is 40.5 Å². The highest BCUT2D eigenvalue weighted by Crippen LogP contribution is 2.34. The molecule has 3 aromatic heterocycles. The SMILES string of the molecule is CNC(Cc1cc(OC)ncn1)c1cc2sccc2s1. The minimum atomic E-state index is 0.263. The van der Waals surface area contributed by atoms with Crippen LogP contribution in [-0.4, -0.2) is 24.1 Å². The van der Waals surface area contributed by atoms with E-state index in [0.717, 1.165) is 12.1 Å². The molecule has 0 aliphatic heterocycles. The quantitative estimate of drug-likeness (QED) is 0.786. The molecule has 0 bridgehead atoms. The number of hydrogen-bond acceptors (Lipinski definition) is 6. The molecule has 20 heavy (non-hydrogen) atoms. The maximum Gasteiger partial charge on any atom is 0.216 e. The summed E-state index contributed by atoms with van der Waals surface area (Å²) in [6.07, 6.45) is 2.37. The van der Waals surface area contributed by atoms with Crippen molar-refractivity contribution in [1.82, 2.24) is 15.3 Å². The van der Waals surface area contributed by atoms with E-state index in [2.05, 4.69) is 32.8 Å². The number of ether oxygens (including phenoxy) is 1. The number of likely N-dealkylation sites (N-methyl/N-ethyl adjacent to an activating group) is 1. The molecule has 0 spiro atoms. The maximum absolute atomic E-state index is 5.14. The van der Waals surface area contributed by atoms with E-state index in [9.17, 15) is 0 Å². The first kappa shape index (κ1) is 13.5. The van der Waals surface area contributed by atoms with E-state index < -0.39 is 0 Å². The molecule has 0 saturated heterocycles. The number of nitrogens with one attached hydrogen (secondary N) is 1. The first-order valence-corrected chi connectivity index (χ1v) is 7.99. The summed E-state index contributed by atoms with van der Waals surface area (Å²) in [6, 6.07) is 6.60. The smallest absolute Gasteiger partial charge is 0.216 e. The third-order valence-electron chi connectivity index (χ3n) is 3.17. The predicted molar refractivity (Wildman–Crippen MR) is 83.8 cm³/mol. The molecule has 0 aromatic carbocycles. The molecule has 0 aliphatic rings. The molecule has 6 heteroatoms. The fraction of sp³-hybridized carbons (Fsp3) is 0.286. The van der Waals surface area contributed by atoms with Gasteiger partial charge < -0.3 is 10.1 Å². The predicted octanol–water partition coefficient (Wildman–Crippen LogP) is 3.26. The van der Waals surface area contributed by atoms with Crippen LogP contribution in [-0.2, 0) is 6.42 Å². The summed E-state index contributed by atoms with van der Waals surface area (Å²) in [6.45, 7) is 0. The van der Waals surface area contributed by atoms with Crippen molar-refractivity contribution in [2.45, 2.75) is 12.5 Å². The standard InChI is InChI=1S/C14H15N3OS2/c1-15-10(5-9-6-14(18-2)17-8-16-9)12-7-13-11(20-12)3-4-19-13/h3-4,6-8,10,15H,5H2,1-2H3. The third-order valence-corrected chi connectivity index (χ3v) is 5.38. The largest absolute Gasteiger partial charge is 0.481 e. The highest BCUT2D eigenvalue weighted by atomic mass is 32.1. The molecule has 0 fully saturated rings. The fourth-order valence-electron chi connectivity index (χ4n) is 2.11. The van der Waals surface area contributed by atoms with E-state index in [0.29, 0.717) is 5.88 Å². The molecule has 0 aliphatic carbocycles. The van der Waals surface area contributed by atoms with Crippen molar-refractivity contribution < 1.29 is 4.74 Å². The van der Waals surface area contributed by atoms with Gasteiger partial charge in [0, 0.05) is 38.5 Å². The number of rotatable bonds is 5. The molecule has 4 nitrogen and oxygen atoms in total. The van der Waals surface area contributed by atoms with E-state index in [1.54, 1.807) is 24.8 Å². The molecular formula is C14H15N3OS2. The molecule has 104 valence electrons. The summed E-state index contributed by atoms with van der Waals surface area (Å²) in [7, 11) is 3.60. The minimum absolute atomic E-state index is 0.263. The van der Waals surface area contributed by atoms with Crippen LogP contribution in [0, 0.1) is 0 Å². The lowest BCUT2D eigenvalue weighted by molar-refractivity contribution is 0.395. The van der Waals surface area contributed by atoms with Crippen molar-refractivity contribution >= 4 is 32.1 Å². The normalized spacial score (nSPS) is 12.7. The van der Waals surface area contributed by atoms with Gasteiger partial charge in [-0.2, -0.15) is 0 Å². The zero-order chi connectivity index (χ0) is 13.9. The van der Waals surface area contributed by atoms with E-state index in [4.69, 9.17) is 4.74 Å². The summed E-state index contributed by atoms with van der Waals surface area (Å²) in [4.78, 5) is 9.70. The van der Waals surface area contributed by atoms with Crippen LogP contribution >= 0.6 is 22.7 Å². The van der Waals surface area contributed by atoms with Crippen LogP contribution in [0.4, 0.5) is 0 Å². The van der Waals surface area contributed by atoms with Crippen LogP contribution in [0.1, 0.15) is 16.6 Å². The van der Waals surface area contributed by atoms with E-state index in [1.807, 2.05) is 24.5 Å². The molecule has 3 heterocycles. The molecule has 1 atom stereocenters. The number of thiophene rings is 2. The Hall–Kier alpha value is -1.50. The second-order valence-corrected chi connectivity index (χ2v) is 6.46. The lowest BCUT2D eigenvalue weighted by atomic mass is 10.1. The second kappa shape index (κ2) is 5.87. The van der Waals surface area contributed by atoms with Gasteiger partial charge in [0.25, 0.3) is 0 Å². The fourth-order valence-corrected chi connectivity index (χ4v) is 4.34. The van der Waals surface area contributed by atoms with Gasteiger partial charge in [0.15, 0.2) is 0 Å². The molecule has 0 saturated carbocycles. The van der Waals surface area contributed by atoms with Crippen LogP contribution in [0.3, 0.4) is 0 Å². The van der Waals surface area contributed by atoms with Gasteiger partial charge in [-0.3, -0.25) is 0 Å². The van der Waals surface area contributed by atoms with E-state index in [-0.39, 0.29) is 6.04 Å². The van der Waals surface area contributed by atoms with Crippen molar-refractivity contribution in [2.24, 2.45) is 0 Å². The summed E-state index contributed by atoms with van der Waals surface area (Å²) in [5.41, 5.74) is 0.980. The van der Waals surface area contributed by atoms with E-state index >= 15 is 0 Å². The van der Waals surface area contributed by atoms with Gasteiger partial charge in [0.05, 0.1) is 7.11 Å². The Bertz CT molecular complexity index is 679. The van der Waals surface area contributed by atoms with Crippen molar-refractivity contribution in [3.8, 4) is 5.88 Å². The molecule has 0 radical (unpaired) electrons. The zero-order valence-electron chi connectivity index (χ0n) is 11.3. The van der Waals surface area contributed by atoms with Gasteiger partial charge in [0.2, 0.25) is 5.88 Å². The number of methoxy groups -OCH3 is 1. The van der Waals surface area contributed by atoms with Gasteiger partial charge in [-0.25, -0.2) is 9.97 Å². The van der Waals surface area contributed by atoms with Gasteiger partial charge in [-0.05, 0) is 24.6 Å². The summed E-state index contributed by atoms with van der Waals surface area (Å²) in [5, 5.41) is 5.50. The topological polar surface area (TPSA) is 47.0 Å². The van der Waals surface area contributed by atoms with Gasteiger partial charge in [0.1, 0.15) is 6.33 Å². The van der Waals surface area contributed by atoms with Crippen LogP contribution in [0.15, 0.2) is 29.9 Å². The van der Waals surface area contributed by atoms with Crippen LogP contribution in [0.2, 0.25) is 0 Å². The maximum atomic E-state index is 5.14. The first-order valence-electron chi connectivity index (χ1n) is 6.29. The number of aromatic nitrogens is 2. The average Bonchev–Trinajstić information content (AvgIpc) is 3.06. The van der Waals surface area contributed by atoms with Crippen molar-refractivity contribution in [3.63, 3.8) is 0 Å². The summed E-state index contributed by atoms with van der Waals surface area (Å²) < 4.78 is 7.85.